The van der Waals surface area contributed by atoms with Gasteiger partial charge in [-0.05, 0) is 31.9 Å². The smallest absolute Gasteiger partial charge is 0.265 e. The topological polar surface area (TPSA) is 59.0 Å². The normalized spacial score (nSPS) is 17.1. The predicted octanol–water partition coefficient (Wildman–Crippen LogP) is 4.58. The second kappa shape index (κ2) is 7.74. The van der Waals surface area contributed by atoms with E-state index in [9.17, 15) is 4.79 Å². The Balaban J connectivity index is 1.56. The number of rotatable bonds is 3. The molecule has 0 radical (unpaired) electrons. The van der Waals surface area contributed by atoms with Crippen LogP contribution in [0.4, 0.5) is 0 Å². The molecule has 3 aromatic rings. The van der Waals surface area contributed by atoms with Gasteiger partial charge in [-0.3, -0.25) is 9.78 Å². The van der Waals surface area contributed by atoms with Crippen molar-refractivity contribution in [1.29, 1.82) is 0 Å². The number of nitrogens with zero attached hydrogens (tertiary/aromatic N) is 4. The van der Waals surface area contributed by atoms with Crippen LogP contribution in [-0.4, -0.2) is 38.8 Å². The van der Waals surface area contributed by atoms with E-state index in [0.717, 1.165) is 46.9 Å². The Morgan fingerprint density at radius 2 is 2.22 bits per heavy atom. The zero-order valence-corrected chi connectivity index (χ0v) is 16.5. The lowest BCUT2D eigenvalue weighted by atomic mass is 9.94. The first-order valence-electron chi connectivity index (χ1n) is 8.89. The molecule has 1 aliphatic heterocycles. The number of benzene rings is 1. The van der Waals surface area contributed by atoms with Crippen molar-refractivity contribution in [3.05, 3.63) is 63.5 Å². The Kier molecular flexibility index (Phi) is 5.18. The summed E-state index contributed by atoms with van der Waals surface area (Å²) in [5.41, 5.74) is 5.20. The summed E-state index contributed by atoms with van der Waals surface area (Å²) in [7, 11) is 0. The van der Waals surface area contributed by atoms with Crippen LogP contribution in [0.25, 0.3) is 11.3 Å². The Morgan fingerprint density at radius 1 is 1.33 bits per heavy atom. The molecule has 1 aromatic carbocycles. The lowest BCUT2D eigenvalue weighted by molar-refractivity contribution is 0.0710. The number of piperidine rings is 1. The van der Waals surface area contributed by atoms with Crippen molar-refractivity contribution in [1.82, 2.24) is 19.9 Å². The van der Waals surface area contributed by atoms with Crippen molar-refractivity contribution in [2.75, 3.05) is 13.1 Å². The highest BCUT2D eigenvalue weighted by atomic mass is 35.5. The largest absolute Gasteiger partial charge is 0.337 e. The molecule has 1 aliphatic rings. The van der Waals surface area contributed by atoms with Gasteiger partial charge in [0.05, 0.1) is 28.8 Å². The maximum Gasteiger partial charge on any atom is 0.265 e. The Labute approximate surface area is 167 Å². The first kappa shape index (κ1) is 18.1. The van der Waals surface area contributed by atoms with Crippen LogP contribution in [0.15, 0.2) is 42.2 Å². The van der Waals surface area contributed by atoms with Gasteiger partial charge in [-0.1, -0.05) is 23.7 Å². The van der Waals surface area contributed by atoms with Crippen LogP contribution in [-0.2, 0) is 0 Å². The number of amides is 1. The van der Waals surface area contributed by atoms with Crippen LogP contribution in [0.5, 0.6) is 0 Å². The minimum absolute atomic E-state index is 0.0682. The van der Waals surface area contributed by atoms with Crippen molar-refractivity contribution in [3.63, 3.8) is 0 Å². The zero-order valence-electron chi connectivity index (χ0n) is 14.9. The van der Waals surface area contributed by atoms with Gasteiger partial charge in [-0.25, -0.2) is 9.97 Å². The summed E-state index contributed by atoms with van der Waals surface area (Å²) in [6, 6.07) is 7.61. The van der Waals surface area contributed by atoms with Crippen LogP contribution in [0.3, 0.4) is 0 Å². The molecule has 0 aliphatic carbocycles. The van der Waals surface area contributed by atoms with Gasteiger partial charge >= 0.3 is 0 Å². The summed E-state index contributed by atoms with van der Waals surface area (Å²) >= 11 is 7.51. The summed E-state index contributed by atoms with van der Waals surface area (Å²) in [5.74, 6) is 0.251. The van der Waals surface area contributed by atoms with Crippen molar-refractivity contribution >= 4 is 28.8 Å². The van der Waals surface area contributed by atoms with E-state index in [-0.39, 0.29) is 11.8 Å². The Bertz CT molecular complexity index is 974. The highest BCUT2D eigenvalue weighted by molar-refractivity contribution is 7.11. The number of likely N-dealkylation sites (tertiary alicyclic amines) is 1. The second-order valence-corrected chi connectivity index (χ2v) is 7.99. The van der Waals surface area contributed by atoms with Crippen molar-refractivity contribution < 1.29 is 4.79 Å². The van der Waals surface area contributed by atoms with Gasteiger partial charge in [0.25, 0.3) is 5.91 Å². The number of carbonyl (C=O) groups is 1. The SMILES string of the molecule is Cc1ncsc1C(=O)N1CCC[C@H](c2cncc(-c3cccc(Cl)c3)n2)C1. The van der Waals surface area contributed by atoms with Crippen LogP contribution in [0, 0.1) is 6.92 Å². The van der Waals surface area contributed by atoms with Gasteiger partial charge in [0.1, 0.15) is 4.88 Å². The minimum atomic E-state index is 0.0682. The van der Waals surface area contributed by atoms with Crippen molar-refractivity contribution in [2.45, 2.75) is 25.7 Å². The predicted molar refractivity (Wildman–Crippen MR) is 107 cm³/mol. The molecule has 1 saturated heterocycles. The molecule has 5 nitrogen and oxygen atoms in total. The summed E-state index contributed by atoms with van der Waals surface area (Å²) in [6.07, 6.45) is 5.52. The average Bonchev–Trinajstić information content (AvgIpc) is 3.13. The van der Waals surface area contributed by atoms with Gasteiger partial charge in [0, 0.05) is 35.8 Å². The molecule has 3 heterocycles. The van der Waals surface area contributed by atoms with Crippen LogP contribution in [0.1, 0.15) is 39.8 Å². The monoisotopic (exact) mass is 398 g/mol. The lowest BCUT2D eigenvalue weighted by Gasteiger charge is -2.32. The Hall–Kier alpha value is -2.31. The third-order valence-electron chi connectivity index (χ3n) is 4.84. The summed E-state index contributed by atoms with van der Waals surface area (Å²) in [5, 5.41) is 0.675. The number of aryl methyl sites for hydroxylation is 1. The van der Waals surface area contributed by atoms with E-state index < -0.39 is 0 Å². The summed E-state index contributed by atoms with van der Waals surface area (Å²) in [4.78, 5) is 28.9. The number of thiazole rings is 1. The quantitative estimate of drug-likeness (QED) is 0.647. The number of halogens is 1. The molecule has 1 fully saturated rings. The molecule has 0 bridgehead atoms. The number of aromatic nitrogens is 3. The third kappa shape index (κ3) is 3.87. The lowest BCUT2D eigenvalue weighted by Crippen LogP contribution is -2.39. The van der Waals surface area contributed by atoms with Crippen molar-refractivity contribution in [2.24, 2.45) is 0 Å². The molecule has 2 aromatic heterocycles. The molecule has 4 rings (SSSR count). The average molecular weight is 399 g/mol. The van der Waals surface area contributed by atoms with Gasteiger partial charge in [0.15, 0.2) is 0 Å². The number of carbonyl (C=O) groups excluding carboxylic acids is 1. The molecule has 138 valence electrons. The summed E-state index contributed by atoms with van der Waals surface area (Å²) in [6.45, 7) is 3.31. The molecule has 0 unspecified atom stereocenters. The standard InChI is InChI=1S/C20H19ClN4OS/c1-13-19(27-12-23-13)20(26)25-7-3-5-15(11-25)18-10-22-9-17(24-18)14-4-2-6-16(21)8-14/h2,4,6,8-10,12,15H,3,5,7,11H2,1H3/t15-/m0/s1. The molecule has 1 atom stereocenters. The van der Waals surface area contributed by atoms with E-state index in [0.29, 0.717) is 11.6 Å². The van der Waals surface area contributed by atoms with Crippen molar-refractivity contribution in [3.8, 4) is 11.3 Å². The van der Waals surface area contributed by atoms with Gasteiger partial charge in [0.2, 0.25) is 0 Å². The first-order valence-corrected chi connectivity index (χ1v) is 10.1. The molecule has 0 spiro atoms. The molecule has 0 N–H and O–H groups in total. The first-order chi connectivity index (χ1) is 13.1. The highest BCUT2D eigenvalue weighted by Gasteiger charge is 2.28. The molecule has 1 amide bonds. The second-order valence-electron chi connectivity index (χ2n) is 6.70. The van der Waals surface area contributed by atoms with Gasteiger partial charge in [-0.15, -0.1) is 11.3 Å². The van der Waals surface area contributed by atoms with Gasteiger partial charge in [-0.2, -0.15) is 0 Å². The minimum Gasteiger partial charge on any atom is -0.337 e. The van der Waals surface area contributed by atoms with E-state index in [1.54, 1.807) is 11.7 Å². The van der Waals surface area contributed by atoms with E-state index in [2.05, 4.69) is 9.97 Å². The fourth-order valence-electron chi connectivity index (χ4n) is 3.42. The van der Waals surface area contributed by atoms with E-state index in [1.807, 2.05) is 42.3 Å². The fourth-order valence-corrected chi connectivity index (χ4v) is 4.38. The number of hydrogen-bond donors (Lipinski definition) is 0. The van der Waals surface area contributed by atoms with Crippen LogP contribution in [0.2, 0.25) is 5.02 Å². The maximum absolute atomic E-state index is 12.8. The molecule has 7 heteroatoms. The maximum atomic E-state index is 12.8. The highest BCUT2D eigenvalue weighted by Crippen LogP contribution is 2.29. The zero-order chi connectivity index (χ0) is 18.8. The van der Waals surface area contributed by atoms with E-state index >= 15 is 0 Å². The van der Waals surface area contributed by atoms with E-state index in [1.165, 1.54) is 11.3 Å². The van der Waals surface area contributed by atoms with Crippen LogP contribution >= 0.6 is 22.9 Å². The number of hydrogen-bond acceptors (Lipinski definition) is 5. The molecular formula is C20H19ClN4OS. The van der Waals surface area contributed by atoms with Crippen LogP contribution < -0.4 is 0 Å². The summed E-state index contributed by atoms with van der Waals surface area (Å²) < 4.78 is 0. The molecule has 27 heavy (non-hydrogen) atoms. The molecule has 0 saturated carbocycles. The fraction of sp³-hybridized carbons (Fsp3) is 0.300. The third-order valence-corrected chi connectivity index (χ3v) is 5.99. The molecular weight excluding hydrogens is 380 g/mol. The van der Waals surface area contributed by atoms with Gasteiger partial charge < -0.3 is 4.90 Å². The van der Waals surface area contributed by atoms with E-state index in [4.69, 9.17) is 16.6 Å². The Morgan fingerprint density at radius 3 is 3.00 bits per heavy atom.